The Morgan fingerprint density at radius 2 is 1.85 bits per heavy atom. The maximum Gasteiger partial charge on any atom is 0.267 e. The molecule has 9 heteroatoms. The number of aliphatic hydroxyl groups is 1. The maximum atomic E-state index is 12.8. The Morgan fingerprint density at radius 3 is 2.55 bits per heavy atom. The highest BCUT2D eigenvalue weighted by atomic mass is 32.1. The smallest absolute Gasteiger partial charge is 0.267 e. The maximum absolute atomic E-state index is 12.8. The number of carbonyl (C=O) groups excluding carboxylic acids is 1. The van der Waals surface area contributed by atoms with Gasteiger partial charge in [0.25, 0.3) is 5.91 Å². The van der Waals surface area contributed by atoms with E-state index in [0.717, 1.165) is 65.3 Å². The number of nitrogens with one attached hydrogen (secondary N) is 1. The summed E-state index contributed by atoms with van der Waals surface area (Å²) in [6, 6.07) is 7.98. The second kappa shape index (κ2) is 10.4. The molecule has 1 aliphatic rings. The van der Waals surface area contributed by atoms with E-state index in [4.69, 9.17) is 5.11 Å². The molecule has 2 N–H and O–H groups in total. The van der Waals surface area contributed by atoms with E-state index in [-0.39, 0.29) is 12.5 Å². The van der Waals surface area contributed by atoms with Crippen LogP contribution in [0.15, 0.2) is 30.5 Å². The Bertz CT molecular complexity index is 1100. The first-order valence-corrected chi connectivity index (χ1v) is 12.0. The third-order valence-electron chi connectivity index (χ3n) is 5.82. The van der Waals surface area contributed by atoms with Crippen molar-refractivity contribution in [3.05, 3.63) is 63.0 Å². The number of benzene rings is 1. The van der Waals surface area contributed by atoms with Crippen LogP contribution in [-0.2, 0) is 6.42 Å². The number of para-hydroxylation sites is 1. The Labute approximate surface area is 198 Å². The summed E-state index contributed by atoms with van der Waals surface area (Å²) in [5.74, 6) is 1.51. The third-order valence-corrected chi connectivity index (χ3v) is 6.82. The molecule has 1 saturated heterocycles. The molecule has 0 unspecified atom stereocenters. The number of piperazine rings is 1. The average Bonchev–Trinajstić information content (AvgIpc) is 3.25. The molecule has 0 aliphatic carbocycles. The van der Waals surface area contributed by atoms with Crippen molar-refractivity contribution in [2.45, 2.75) is 27.2 Å². The molecule has 1 aromatic carbocycles. The molecule has 1 aliphatic heterocycles. The van der Waals surface area contributed by atoms with Crippen molar-refractivity contribution in [3.8, 4) is 0 Å². The van der Waals surface area contributed by atoms with Crippen molar-refractivity contribution in [2.24, 2.45) is 0 Å². The molecule has 0 saturated carbocycles. The summed E-state index contributed by atoms with van der Waals surface area (Å²) in [6.07, 6.45) is 2.19. The van der Waals surface area contributed by atoms with Crippen LogP contribution in [0.1, 0.15) is 37.3 Å². The molecule has 8 nitrogen and oxygen atoms in total. The lowest BCUT2D eigenvalue weighted by Crippen LogP contribution is -2.47. The predicted octanol–water partition coefficient (Wildman–Crippen LogP) is 2.82. The van der Waals surface area contributed by atoms with Crippen LogP contribution in [0, 0.1) is 20.8 Å². The largest absolute Gasteiger partial charge is 0.395 e. The summed E-state index contributed by atoms with van der Waals surface area (Å²) in [4.78, 5) is 31.6. The second-order valence-electron chi connectivity index (χ2n) is 8.33. The number of β-amino-alcohol motifs (C(OH)–C–C–N with tert-alkyl or cyclic N) is 1. The molecular weight excluding hydrogens is 436 g/mol. The van der Waals surface area contributed by atoms with Crippen molar-refractivity contribution in [3.63, 3.8) is 0 Å². The predicted molar refractivity (Wildman–Crippen MR) is 131 cm³/mol. The average molecular weight is 467 g/mol. The van der Waals surface area contributed by atoms with Gasteiger partial charge in [0.05, 0.1) is 23.5 Å². The molecule has 3 aromatic rings. The fourth-order valence-corrected chi connectivity index (χ4v) is 4.87. The molecule has 3 heterocycles. The van der Waals surface area contributed by atoms with Gasteiger partial charge < -0.3 is 15.3 Å². The summed E-state index contributed by atoms with van der Waals surface area (Å²) in [5.41, 5.74) is 3.82. The number of nitrogens with zero attached hydrogens (tertiary/aromatic N) is 5. The molecule has 0 bridgehead atoms. The summed E-state index contributed by atoms with van der Waals surface area (Å²) in [6.45, 7) is 10.3. The first-order chi connectivity index (χ1) is 15.9. The second-order valence-corrected chi connectivity index (χ2v) is 9.45. The number of thiazole rings is 1. The van der Waals surface area contributed by atoms with Gasteiger partial charge in [-0.15, -0.1) is 11.3 Å². The van der Waals surface area contributed by atoms with Crippen molar-refractivity contribution in [1.29, 1.82) is 0 Å². The first-order valence-electron chi connectivity index (χ1n) is 11.2. The number of carbonyl (C=O) groups is 1. The van der Waals surface area contributed by atoms with Crippen LogP contribution in [-0.4, -0.2) is 70.2 Å². The minimum atomic E-state index is -0.142. The molecular formula is C24H30N6O2S. The molecule has 174 valence electrons. The van der Waals surface area contributed by atoms with E-state index in [1.165, 1.54) is 11.3 Å². The topological polar surface area (TPSA) is 94.5 Å². The number of hydrogen-bond donors (Lipinski definition) is 2. The normalized spacial score (nSPS) is 14.5. The van der Waals surface area contributed by atoms with Gasteiger partial charge in [-0.05, 0) is 31.9 Å². The monoisotopic (exact) mass is 466 g/mol. The molecule has 0 atom stereocenters. The number of amides is 1. The minimum absolute atomic E-state index is 0.142. The number of aromatic nitrogens is 3. The summed E-state index contributed by atoms with van der Waals surface area (Å²) >= 11 is 1.39. The zero-order valence-electron chi connectivity index (χ0n) is 19.3. The number of aliphatic hydroxyl groups excluding tert-OH is 1. The quantitative estimate of drug-likeness (QED) is 0.553. The number of rotatable bonds is 7. The van der Waals surface area contributed by atoms with E-state index in [2.05, 4.69) is 30.1 Å². The lowest BCUT2D eigenvalue weighted by atomic mass is 10.1. The van der Waals surface area contributed by atoms with E-state index in [1.807, 2.05) is 45.0 Å². The van der Waals surface area contributed by atoms with Crippen LogP contribution in [0.5, 0.6) is 0 Å². The van der Waals surface area contributed by atoms with Crippen molar-refractivity contribution in [1.82, 2.24) is 19.9 Å². The molecule has 0 spiro atoms. The number of hydrogen-bond acceptors (Lipinski definition) is 8. The van der Waals surface area contributed by atoms with Crippen LogP contribution in [0.25, 0.3) is 0 Å². The standard InChI is InChI=1S/C24H30N6O2S/c1-16-5-4-6-17(2)23(16)28-24(32)20-15-25-22(33-20)14-19-13-21(27-18(3)26-19)30-9-7-29(8-10-30)11-12-31/h4-6,13,15,31H,7-12,14H2,1-3H3,(H,28,32). The summed E-state index contributed by atoms with van der Waals surface area (Å²) < 4.78 is 0. The molecule has 0 radical (unpaired) electrons. The summed E-state index contributed by atoms with van der Waals surface area (Å²) in [5, 5.41) is 13.0. The lowest BCUT2D eigenvalue weighted by Gasteiger charge is -2.35. The lowest BCUT2D eigenvalue weighted by molar-refractivity contribution is 0.103. The Hall–Kier alpha value is -2.88. The van der Waals surface area contributed by atoms with Gasteiger partial charge in [0.15, 0.2) is 0 Å². The molecule has 1 amide bonds. The van der Waals surface area contributed by atoms with Crippen molar-refractivity contribution < 1.29 is 9.90 Å². The van der Waals surface area contributed by atoms with Gasteiger partial charge in [-0.1, -0.05) is 18.2 Å². The minimum Gasteiger partial charge on any atom is -0.395 e. The SMILES string of the molecule is Cc1nc(Cc2ncc(C(=O)Nc3c(C)cccc3C)s2)cc(N2CCN(CCO)CC2)n1. The fourth-order valence-electron chi connectivity index (χ4n) is 4.05. The van der Waals surface area contributed by atoms with Crippen LogP contribution >= 0.6 is 11.3 Å². The van der Waals surface area contributed by atoms with E-state index < -0.39 is 0 Å². The van der Waals surface area contributed by atoms with Gasteiger partial charge in [0.2, 0.25) is 0 Å². The van der Waals surface area contributed by atoms with Crippen LogP contribution < -0.4 is 10.2 Å². The Kier molecular flexibility index (Phi) is 7.32. The molecule has 4 rings (SSSR count). The van der Waals surface area contributed by atoms with E-state index in [1.54, 1.807) is 6.20 Å². The van der Waals surface area contributed by atoms with Gasteiger partial charge in [0, 0.05) is 50.9 Å². The van der Waals surface area contributed by atoms with Crippen LogP contribution in [0.4, 0.5) is 11.5 Å². The number of aryl methyl sites for hydroxylation is 3. The van der Waals surface area contributed by atoms with Gasteiger partial charge in [-0.25, -0.2) is 15.0 Å². The van der Waals surface area contributed by atoms with E-state index in [0.29, 0.717) is 17.8 Å². The van der Waals surface area contributed by atoms with E-state index in [9.17, 15) is 4.79 Å². The van der Waals surface area contributed by atoms with Crippen LogP contribution in [0.2, 0.25) is 0 Å². The Morgan fingerprint density at radius 1 is 1.12 bits per heavy atom. The van der Waals surface area contributed by atoms with Gasteiger partial charge in [-0.2, -0.15) is 0 Å². The molecule has 2 aromatic heterocycles. The van der Waals surface area contributed by atoms with Gasteiger partial charge in [-0.3, -0.25) is 9.69 Å². The Balaban J connectivity index is 1.43. The van der Waals surface area contributed by atoms with Crippen molar-refractivity contribution in [2.75, 3.05) is 49.5 Å². The third kappa shape index (κ3) is 5.73. The van der Waals surface area contributed by atoms with E-state index >= 15 is 0 Å². The van der Waals surface area contributed by atoms with Gasteiger partial charge in [0.1, 0.15) is 16.5 Å². The van der Waals surface area contributed by atoms with Crippen LogP contribution in [0.3, 0.4) is 0 Å². The highest BCUT2D eigenvalue weighted by molar-refractivity contribution is 7.13. The highest BCUT2D eigenvalue weighted by Crippen LogP contribution is 2.23. The fraction of sp³-hybridized carbons (Fsp3) is 0.417. The molecule has 33 heavy (non-hydrogen) atoms. The summed E-state index contributed by atoms with van der Waals surface area (Å²) in [7, 11) is 0. The zero-order valence-corrected chi connectivity index (χ0v) is 20.2. The zero-order chi connectivity index (χ0) is 23.4. The highest BCUT2D eigenvalue weighted by Gasteiger charge is 2.19. The van der Waals surface area contributed by atoms with Gasteiger partial charge >= 0.3 is 0 Å². The number of anilines is 2. The first kappa shape index (κ1) is 23.3. The molecule has 1 fully saturated rings. The van der Waals surface area contributed by atoms with Crippen molar-refractivity contribution >= 4 is 28.7 Å².